The van der Waals surface area contributed by atoms with Crippen molar-refractivity contribution in [2.45, 2.75) is 4.90 Å². The van der Waals surface area contributed by atoms with Crippen LogP contribution in [-0.4, -0.2) is 64.6 Å². The van der Waals surface area contributed by atoms with Gasteiger partial charge in [0.05, 0.1) is 25.2 Å². The molecule has 1 heterocycles. The monoisotopic (exact) mass is 460 g/mol. The summed E-state index contributed by atoms with van der Waals surface area (Å²) in [5, 5.41) is 2.56. The lowest BCUT2D eigenvalue weighted by Crippen LogP contribution is -2.40. The van der Waals surface area contributed by atoms with E-state index in [4.69, 9.17) is 14.2 Å². The van der Waals surface area contributed by atoms with Gasteiger partial charge in [-0.1, -0.05) is 18.2 Å². The van der Waals surface area contributed by atoms with E-state index in [0.29, 0.717) is 43.3 Å². The van der Waals surface area contributed by atoms with Crippen LogP contribution in [0.4, 0.5) is 5.69 Å². The third-order valence-corrected chi connectivity index (χ3v) is 6.54. The predicted molar refractivity (Wildman–Crippen MR) is 118 cm³/mol. The van der Waals surface area contributed by atoms with E-state index in [1.807, 2.05) is 6.07 Å². The number of morpholine rings is 1. The SMILES string of the molecule is COc1ccccc1C=CC(=O)OCC(=O)Nc1ccc(S(=O)(=O)N2CCOCC2)cc1. The minimum atomic E-state index is -3.61. The first kappa shape index (κ1) is 23.5. The van der Waals surface area contributed by atoms with E-state index in [-0.39, 0.29) is 4.90 Å². The maximum atomic E-state index is 12.6. The van der Waals surface area contributed by atoms with Crippen molar-refractivity contribution in [2.75, 3.05) is 45.3 Å². The number of anilines is 1. The van der Waals surface area contributed by atoms with Gasteiger partial charge in [-0.3, -0.25) is 4.79 Å². The van der Waals surface area contributed by atoms with Crippen LogP contribution >= 0.6 is 0 Å². The number of sulfonamides is 1. The summed E-state index contributed by atoms with van der Waals surface area (Å²) < 4.78 is 41.9. The van der Waals surface area contributed by atoms with Gasteiger partial charge in [-0.2, -0.15) is 4.31 Å². The van der Waals surface area contributed by atoms with E-state index >= 15 is 0 Å². The molecule has 10 heteroatoms. The van der Waals surface area contributed by atoms with E-state index < -0.39 is 28.5 Å². The second-order valence-corrected chi connectivity index (χ2v) is 8.71. The lowest BCUT2D eigenvalue weighted by Gasteiger charge is -2.26. The molecule has 1 saturated heterocycles. The number of ether oxygens (including phenoxy) is 3. The van der Waals surface area contributed by atoms with Gasteiger partial charge in [0, 0.05) is 30.4 Å². The second kappa shape index (κ2) is 10.9. The summed E-state index contributed by atoms with van der Waals surface area (Å²) >= 11 is 0. The molecule has 1 amide bonds. The van der Waals surface area contributed by atoms with E-state index in [0.717, 1.165) is 0 Å². The molecular formula is C22H24N2O7S. The highest BCUT2D eigenvalue weighted by molar-refractivity contribution is 7.89. The van der Waals surface area contributed by atoms with Crippen LogP contribution in [0.25, 0.3) is 6.08 Å². The summed E-state index contributed by atoms with van der Waals surface area (Å²) in [4.78, 5) is 24.0. The number of benzene rings is 2. The van der Waals surface area contributed by atoms with Gasteiger partial charge >= 0.3 is 5.97 Å². The smallest absolute Gasteiger partial charge is 0.331 e. The molecule has 1 fully saturated rings. The van der Waals surface area contributed by atoms with E-state index in [9.17, 15) is 18.0 Å². The Labute approximate surface area is 186 Å². The Morgan fingerprint density at radius 2 is 1.78 bits per heavy atom. The van der Waals surface area contributed by atoms with Gasteiger partial charge in [-0.05, 0) is 36.4 Å². The molecule has 0 spiro atoms. The van der Waals surface area contributed by atoms with Gasteiger partial charge in [0.2, 0.25) is 10.0 Å². The number of esters is 1. The zero-order chi connectivity index (χ0) is 23.0. The largest absolute Gasteiger partial charge is 0.496 e. The molecule has 1 N–H and O–H groups in total. The minimum absolute atomic E-state index is 0.130. The molecule has 170 valence electrons. The molecule has 0 bridgehead atoms. The summed E-state index contributed by atoms with van der Waals surface area (Å²) in [6.45, 7) is 0.846. The molecule has 1 aliphatic rings. The molecule has 0 aliphatic carbocycles. The maximum Gasteiger partial charge on any atom is 0.331 e. The molecule has 9 nitrogen and oxygen atoms in total. The molecular weight excluding hydrogens is 436 g/mol. The third kappa shape index (κ3) is 6.16. The van der Waals surface area contributed by atoms with Crippen molar-refractivity contribution >= 4 is 33.7 Å². The van der Waals surface area contributed by atoms with Crippen molar-refractivity contribution in [3.8, 4) is 5.75 Å². The number of methoxy groups -OCH3 is 1. The highest BCUT2D eigenvalue weighted by Gasteiger charge is 2.26. The molecule has 3 rings (SSSR count). The van der Waals surface area contributed by atoms with Crippen molar-refractivity contribution in [1.82, 2.24) is 4.31 Å². The Morgan fingerprint density at radius 3 is 2.47 bits per heavy atom. The highest BCUT2D eigenvalue weighted by Crippen LogP contribution is 2.20. The van der Waals surface area contributed by atoms with Crippen LogP contribution in [0.3, 0.4) is 0 Å². The van der Waals surface area contributed by atoms with E-state index in [1.165, 1.54) is 47.8 Å². The van der Waals surface area contributed by atoms with E-state index in [2.05, 4.69) is 5.32 Å². The molecule has 2 aromatic rings. The number of nitrogens with one attached hydrogen (secondary N) is 1. The fraction of sp³-hybridized carbons (Fsp3) is 0.273. The average Bonchev–Trinajstić information content (AvgIpc) is 2.82. The number of carbonyl (C=O) groups is 2. The fourth-order valence-corrected chi connectivity index (χ4v) is 4.40. The minimum Gasteiger partial charge on any atom is -0.496 e. The first-order chi connectivity index (χ1) is 15.4. The molecule has 0 radical (unpaired) electrons. The number of rotatable bonds is 8. The van der Waals surface area contributed by atoms with Gasteiger partial charge in [0.1, 0.15) is 5.75 Å². The third-order valence-electron chi connectivity index (χ3n) is 4.63. The average molecular weight is 461 g/mol. The predicted octanol–water partition coefficient (Wildman–Crippen LogP) is 1.91. The molecule has 0 saturated carbocycles. The number of nitrogens with zero attached hydrogens (tertiary/aromatic N) is 1. The molecule has 0 unspecified atom stereocenters. The van der Waals surface area contributed by atoms with Crippen molar-refractivity contribution < 1.29 is 32.2 Å². The lowest BCUT2D eigenvalue weighted by atomic mass is 10.2. The Morgan fingerprint density at radius 1 is 1.09 bits per heavy atom. The topological polar surface area (TPSA) is 111 Å². The molecule has 2 aromatic carbocycles. The van der Waals surface area contributed by atoms with Crippen LogP contribution in [0.2, 0.25) is 0 Å². The fourth-order valence-electron chi connectivity index (χ4n) is 2.99. The van der Waals surface area contributed by atoms with E-state index in [1.54, 1.807) is 18.2 Å². The first-order valence-corrected chi connectivity index (χ1v) is 11.3. The van der Waals surface area contributed by atoms with Gasteiger partial charge in [0.25, 0.3) is 5.91 Å². The summed E-state index contributed by atoms with van der Waals surface area (Å²) in [5.41, 5.74) is 1.08. The molecule has 0 aromatic heterocycles. The Kier molecular flexibility index (Phi) is 7.98. The van der Waals surface area contributed by atoms with Crippen molar-refractivity contribution in [3.63, 3.8) is 0 Å². The van der Waals surface area contributed by atoms with Crippen LogP contribution in [0, 0.1) is 0 Å². The van der Waals surface area contributed by atoms with Crippen molar-refractivity contribution in [2.24, 2.45) is 0 Å². The zero-order valence-electron chi connectivity index (χ0n) is 17.5. The normalized spacial score (nSPS) is 14.8. The summed E-state index contributed by atoms with van der Waals surface area (Å²) in [6, 6.07) is 12.9. The number of hydrogen-bond acceptors (Lipinski definition) is 7. The quantitative estimate of drug-likeness (QED) is 0.473. The van der Waals surface area contributed by atoms with Crippen LogP contribution in [-0.2, 0) is 29.1 Å². The molecule has 0 atom stereocenters. The highest BCUT2D eigenvalue weighted by atomic mass is 32.2. The molecule has 1 aliphatic heterocycles. The zero-order valence-corrected chi connectivity index (χ0v) is 18.3. The first-order valence-electron chi connectivity index (χ1n) is 9.86. The Bertz CT molecular complexity index is 1080. The van der Waals surface area contributed by atoms with Gasteiger partial charge < -0.3 is 19.5 Å². The summed E-state index contributed by atoms with van der Waals surface area (Å²) in [5.74, 6) is -0.626. The Balaban J connectivity index is 1.50. The standard InChI is InChI=1S/C22H24N2O7S/c1-29-20-5-3-2-4-17(20)6-11-22(26)31-16-21(25)23-18-7-9-19(10-8-18)32(27,28)24-12-14-30-15-13-24/h2-11H,12-16H2,1H3,(H,23,25). The van der Waals surface area contributed by atoms with Gasteiger partial charge in [-0.25, -0.2) is 13.2 Å². The maximum absolute atomic E-state index is 12.6. The number of para-hydroxylation sites is 1. The van der Waals surface area contributed by atoms with Crippen molar-refractivity contribution in [1.29, 1.82) is 0 Å². The van der Waals surface area contributed by atoms with Gasteiger partial charge in [0.15, 0.2) is 6.61 Å². The van der Waals surface area contributed by atoms with Crippen LogP contribution < -0.4 is 10.1 Å². The van der Waals surface area contributed by atoms with Crippen LogP contribution in [0.1, 0.15) is 5.56 Å². The number of hydrogen-bond donors (Lipinski definition) is 1. The molecule has 32 heavy (non-hydrogen) atoms. The summed E-state index contributed by atoms with van der Waals surface area (Å²) in [7, 11) is -2.08. The summed E-state index contributed by atoms with van der Waals surface area (Å²) in [6.07, 6.45) is 2.74. The van der Waals surface area contributed by atoms with Crippen LogP contribution in [0.5, 0.6) is 5.75 Å². The number of amides is 1. The Hall–Kier alpha value is -3.21. The number of carbonyl (C=O) groups excluding carboxylic acids is 2. The second-order valence-electron chi connectivity index (χ2n) is 6.77. The van der Waals surface area contributed by atoms with Crippen LogP contribution in [0.15, 0.2) is 59.5 Å². The van der Waals surface area contributed by atoms with Crippen molar-refractivity contribution in [3.05, 3.63) is 60.2 Å². The lowest BCUT2D eigenvalue weighted by molar-refractivity contribution is -0.142. The van der Waals surface area contributed by atoms with Gasteiger partial charge in [-0.15, -0.1) is 0 Å².